The van der Waals surface area contributed by atoms with Crippen LogP contribution in [-0.4, -0.2) is 36.7 Å². The summed E-state index contributed by atoms with van der Waals surface area (Å²) in [4.78, 5) is 13.7. The van der Waals surface area contributed by atoms with Crippen molar-refractivity contribution in [1.82, 2.24) is 10.2 Å². The quantitative estimate of drug-likeness (QED) is 0.743. The first kappa shape index (κ1) is 13.0. The monoisotopic (exact) mass is 226 g/mol. The highest BCUT2D eigenvalue weighted by Gasteiger charge is 2.19. The zero-order chi connectivity index (χ0) is 12.3. The topological polar surface area (TPSA) is 41.6 Å². The molecule has 16 heavy (non-hydrogen) atoms. The molecule has 1 aliphatic rings. The number of ether oxygens (including phenoxy) is 1. The smallest absolute Gasteiger partial charge is 0.411 e. The zero-order valence-corrected chi connectivity index (χ0v) is 10.8. The summed E-state index contributed by atoms with van der Waals surface area (Å²) in [7, 11) is 2.04. The molecule has 0 spiro atoms. The van der Waals surface area contributed by atoms with Crippen LogP contribution < -0.4 is 5.32 Å². The molecular weight excluding hydrogens is 204 g/mol. The molecule has 1 amide bonds. The number of hydrogen-bond acceptors (Lipinski definition) is 3. The molecular formula is C12H22N2O2. The van der Waals surface area contributed by atoms with Crippen LogP contribution >= 0.6 is 0 Å². The Hall–Kier alpha value is -1.03. The molecule has 92 valence electrons. The van der Waals surface area contributed by atoms with Gasteiger partial charge >= 0.3 is 6.09 Å². The van der Waals surface area contributed by atoms with Gasteiger partial charge in [0.1, 0.15) is 5.60 Å². The predicted octanol–water partition coefficient (Wildman–Crippen LogP) is 1.98. The van der Waals surface area contributed by atoms with Crippen molar-refractivity contribution in [2.24, 2.45) is 5.92 Å². The average molecular weight is 226 g/mol. The lowest BCUT2D eigenvalue weighted by Gasteiger charge is -2.28. The van der Waals surface area contributed by atoms with E-state index in [0.29, 0.717) is 5.92 Å². The summed E-state index contributed by atoms with van der Waals surface area (Å²) in [5.74, 6) is 0.462. The molecule has 1 unspecified atom stereocenters. The highest BCUT2D eigenvalue weighted by atomic mass is 16.6. The van der Waals surface area contributed by atoms with Crippen molar-refractivity contribution >= 4 is 6.09 Å². The Balaban J connectivity index is 2.51. The number of alkyl carbamates (subject to hydrolysis) is 1. The Morgan fingerprint density at radius 3 is 2.69 bits per heavy atom. The van der Waals surface area contributed by atoms with E-state index < -0.39 is 5.60 Å². The standard InChI is InChI=1S/C12H22N2O2/c1-9-6-10(8-14(5)7-9)13-11(15)16-12(2,3)4/h6,9H,7-8H2,1-5H3,(H,13,15). The largest absolute Gasteiger partial charge is 0.444 e. The minimum atomic E-state index is -0.448. The Bertz CT molecular complexity index is 292. The number of carbonyl (C=O) groups excluding carboxylic acids is 1. The fraction of sp³-hybridized carbons (Fsp3) is 0.750. The Morgan fingerprint density at radius 2 is 2.19 bits per heavy atom. The minimum Gasteiger partial charge on any atom is -0.444 e. The van der Waals surface area contributed by atoms with Crippen LogP contribution in [-0.2, 0) is 4.74 Å². The van der Waals surface area contributed by atoms with E-state index in [4.69, 9.17) is 4.74 Å². The summed E-state index contributed by atoms with van der Waals surface area (Å²) in [5.41, 5.74) is 0.479. The molecule has 0 aliphatic carbocycles. The van der Waals surface area contributed by atoms with Crippen molar-refractivity contribution in [1.29, 1.82) is 0 Å². The van der Waals surface area contributed by atoms with Gasteiger partial charge in [-0.3, -0.25) is 5.32 Å². The molecule has 0 saturated heterocycles. The van der Waals surface area contributed by atoms with Gasteiger partial charge in [-0.15, -0.1) is 0 Å². The molecule has 0 fully saturated rings. The van der Waals surface area contributed by atoms with Crippen molar-refractivity contribution in [2.45, 2.75) is 33.3 Å². The van der Waals surface area contributed by atoms with Crippen molar-refractivity contribution in [2.75, 3.05) is 20.1 Å². The summed E-state index contributed by atoms with van der Waals surface area (Å²) in [6, 6.07) is 0. The van der Waals surface area contributed by atoms with E-state index in [1.165, 1.54) is 0 Å². The van der Waals surface area contributed by atoms with Crippen molar-refractivity contribution in [3.63, 3.8) is 0 Å². The van der Waals surface area contributed by atoms with Crippen LogP contribution in [0.2, 0.25) is 0 Å². The SMILES string of the molecule is CC1C=C(NC(=O)OC(C)(C)C)CN(C)C1. The second-order valence-corrected chi connectivity index (χ2v) is 5.49. The Morgan fingerprint density at radius 1 is 1.56 bits per heavy atom. The normalized spacial score (nSPS) is 22.6. The predicted molar refractivity (Wildman–Crippen MR) is 64.1 cm³/mol. The first-order valence-corrected chi connectivity index (χ1v) is 5.65. The number of rotatable bonds is 1. The number of likely N-dealkylation sites (N-methyl/N-ethyl adjacent to an activating group) is 1. The fourth-order valence-electron chi connectivity index (χ4n) is 1.81. The lowest BCUT2D eigenvalue weighted by atomic mass is 10.1. The van der Waals surface area contributed by atoms with Crippen LogP contribution in [0, 0.1) is 5.92 Å². The average Bonchev–Trinajstić information content (AvgIpc) is 1.96. The van der Waals surface area contributed by atoms with E-state index in [1.807, 2.05) is 27.8 Å². The third-order valence-electron chi connectivity index (χ3n) is 2.19. The van der Waals surface area contributed by atoms with Gasteiger partial charge in [0, 0.05) is 18.8 Å². The number of carbonyl (C=O) groups is 1. The first-order chi connectivity index (χ1) is 7.26. The van der Waals surface area contributed by atoms with Gasteiger partial charge in [-0.2, -0.15) is 0 Å². The molecule has 0 aromatic carbocycles. The third-order valence-corrected chi connectivity index (χ3v) is 2.19. The molecule has 0 aromatic rings. The molecule has 4 heteroatoms. The summed E-state index contributed by atoms with van der Waals surface area (Å²) >= 11 is 0. The van der Waals surface area contributed by atoms with Crippen LogP contribution in [0.25, 0.3) is 0 Å². The molecule has 1 rings (SSSR count). The van der Waals surface area contributed by atoms with Gasteiger partial charge in [0.2, 0.25) is 0 Å². The van der Waals surface area contributed by atoms with Crippen molar-refractivity contribution < 1.29 is 9.53 Å². The van der Waals surface area contributed by atoms with E-state index in [-0.39, 0.29) is 6.09 Å². The van der Waals surface area contributed by atoms with Crippen LogP contribution in [0.3, 0.4) is 0 Å². The van der Waals surface area contributed by atoms with Crippen LogP contribution in [0.4, 0.5) is 4.79 Å². The zero-order valence-electron chi connectivity index (χ0n) is 10.8. The summed E-state index contributed by atoms with van der Waals surface area (Å²) in [6.07, 6.45) is 1.71. The summed E-state index contributed by atoms with van der Waals surface area (Å²) in [5, 5.41) is 2.79. The molecule has 4 nitrogen and oxygen atoms in total. The maximum Gasteiger partial charge on any atom is 0.411 e. The number of nitrogens with one attached hydrogen (secondary N) is 1. The van der Waals surface area contributed by atoms with Gasteiger partial charge in [-0.1, -0.05) is 13.0 Å². The molecule has 0 bridgehead atoms. The number of hydrogen-bond donors (Lipinski definition) is 1. The first-order valence-electron chi connectivity index (χ1n) is 5.65. The molecule has 1 heterocycles. The highest BCUT2D eigenvalue weighted by Crippen LogP contribution is 2.12. The van der Waals surface area contributed by atoms with Crippen molar-refractivity contribution in [3.8, 4) is 0 Å². The van der Waals surface area contributed by atoms with Gasteiger partial charge in [0.15, 0.2) is 0 Å². The van der Waals surface area contributed by atoms with Gasteiger partial charge in [0.25, 0.3) is 0 Å². The number of nitrogens with zero attached hydrogens (tertiary/aromatic N) is 1. The van der Waals surface area contributed by atoms with Gasteiger partial charge in [-0.05, 0) is 33.7 Å². The maximum absolute atomic E-state index is 11.5. The fourth-order valence-corrected chi connectivity index (χ4v) is 1.81. The second kappa shape index (κ2) is 4.87. The lowest BCUT2D eigenvalue weighted by molar-refractivity contribution is 0.0540. The Labute approximate surface area is 97.6 Å². The van der Waals surface area contributed by atoms with E-state index in [9.17, 15) is 4.79 Å². The molecule has 0 radical (unpaired) electrons. The van der Waals surface area contributed by atoms with E-state index in [2.05, 4.69) is 23.2 Å². The minimum absolute atomic E-state index is 0.374. The maximum atomic E-state index is 11.5. The van der Waals surface area contributed by atoms with Crippen LogP contribution in [0.1, 0.15) is 27.7 Å². The molecule has 1 aliphatic heterocycles. The van der Waals surface area contributed by atoms with E-state index >= 15 is 0 Å². The molecule has 0 saturated carbocycles. The second-order valence-electron chi connectivity index (χ2n) is 5.49. The van der Waals surface area contributed by atoms with E-state index in [0.717, 1.165) is 18.8 Å². The van der Waals surface area contributed by atoms with Gasteiger partial charge in [0.05, 0.1) is 0 Å². The van der Waals surface area contributed by atoms with Crippen LogP contribution in [0.15, 0.2) is 11.8 Å². The summed E-state index contributed by atoms with van der Waals surface area (Å²) < 4.78 is 5.20. The van der Waals surface area contributed by atoms with Crippen LogP contribution in [0.5, 0.6) is 0 Å². The summed E-state index contributed by atoms with van der Waals surface area (Å²) in [6.45, 7) is 9.50. The lowest BCUT2D eigenvalue weighted by Crippen LogP contribution is -2.39. The highest BCUT2D eigenvalue weighted by molar-refractivity contribution is 5.70. The molecule has 1 atom stereocenters. The van der Waals surface area contributed by atoms with Gasteiger partial charge in [-0.25, -0.2) is 4.79 Å². The molecule has 1 N–H and O–H groups in total. The molecule has 0 aromatic heterocycles. The van der Waals surface area contributed by atoms with Crippen molar-refractivity contribution in [3.05, 3.63) is 11.8 Å². The third kappa shape index (κ3) is 4.66. The van der Waals surface area contributed by atoms with E-state index in [1.54, 1.807) is 0 Å². The Kier molecular flexibility index (Phi) is 3.97. The van der Waals surface area contributed by atoms with Gasteiger partial charge < -0.3 is 9.64 Å². The number of amides is 1.